The third-order valence-electron chi connectivity index (χ3n) is 2.53. The highest BCUT2D eigenvalue weighted by Crippen LogP contribution is 2.39. The Morgan fingerprint density at radius 2 is 1.59 bits per heavy atom. The van der Waals surface area contributed by atoms with E-state index in [1.807, 2.05) is 0 Å². The number of halogens is 7. The molecule has 1 unspecified atom stereocenters. The monoisotopic (exact) mass is 356 g/mol. The summed E-state index contributed by atoms with van der Waals surface area (Å²) in [6.07, 6.45) is -5.19. The van der Waals surface area contributed by atoms with Crippen LogP contribution in [0.4, 0.5) is 30.7 Å². The average Bonchev–Trinajstić information content (AvgIpc) is 2.28. The van der Waals surface area contributed by atoms with Crippen LogP contribution in [0.3, 0.4) is 0 Å². The molecule has 1 atom stereocenters. The van der Waals surface area contributed by atoms with E-state index in [-0.39, 0.29) is 19.1 Å². The van der Waals surface area contributed by atoms with Crippen LogP contribution in [-0.4, -0.2) is 25.2 Å². The Labute approximate surface area is 119 Å². The molecular weight excluding hydrogens is 349 g/mol. The molecule has 0 heterocycles. The predicted molar refractivity (Wildman–Crippen MR) is 57.6 cm³/mol. The Balaban J connectivity index is 3.22. The van der Waals surface area contributed by atoms with Gasteiger partial charge in [0.25, 0.3) is 0 Å². The van der Waals surface area contributed by atoms with Crippen LogP contribution in [0, 0.1) is 5.82 Å². The van der Waals surface area contributed by atoms with Gasteiger partial charge in [0.15, 0.2) is 17.2 Å². The minimum atomic E-state index is -6.17. The molecule has 22 heavy (non-hydrogen) atoms. The topological polar surface area (TPSA) is 63.6 Å². The average molecular weight is 356 g/mol. The van der Waals surface area contributed by atoms with E-state index < -0.39 is 44.5 Å². The lowest BCUT2D eigenvalue weighted by Gasteiger charge is -2.26. The van der Waals surface area contributed by atoms with Gasteiger partial charge in [0.05, 0.1) is 0 Å². The number of benzene rings is 1. The van der Waals surface area contributed by atoms with Crippen molar-refractivity contribution in [3.63, 3.8) is 0 Å². The van der Waals surface area contributed by atoms with Crippen LogP contribution in [0.15, 0.2) is 18.2 Å². The van der Waals surface area contributed by atoms with Crippen LogP contribution in [0.5, 0.6) is 5.75 Å². The van der Waals surface area contributed by atoms with E-state index in [4.69, 9.17) is 0 Å². The van der Waals surface area contributed by atoms with E-state index in [0.717, 1.165) is 0 Å². The van der Waals surface area contributed by atoms with Crippen molar-refractivity contribution in [2.24, 2.45) is 0 Å². The first-order valence-electron chi connectivity index (χ1n) is 5.19. The molecule has 0 aliphatic rings. The second-order valence-corrected chi connectivity index (χ2v) is 5.74. The van der Waals surface area contributed by atoms with Crippen LogP contribution in [-0.2, 0) is 15.7 Å². The smallest absolute Gasteiger partial charge is 0.376 e. The largest absolute Gasteiger partial charge is 0.534 e. The minimum Gasteiger partial charge on any atom is -0.376 e. The number of rotatable bonds is 3. The maximum Gasteiger partial charge on any atom is 0.534 e. The van der Waals surface area contributed by atoms with Crippen LogP contribution in [0.1, 0.15) is 12.5 Å². The predicted octanol–water partition coefficient (Wildman–Crippen LogP) is 2.82. The lowest BCUT2D eigenvalue weighted by atomic mass is 9.95. The molecule has 0 saturated heterocycles. The number of hydrogen-bond acceptors (Lipinski definition) is 4. The van der Waals surface area contributed by atoms with Crippen molar-refractivity contribution >= 4 is 10.1 Å². The summed E-state index contributed by atoms with van der Waals surface area (Å²) in [4.78, 5) is 0. The van der Waals surface area contributed by atoms with E-state index >= 15 is 0 Å². The molecular formula is C10H7F7O4S. The van der Waals surface area contributed by atoms with Crippen LogP contribution in [0.25, 0.3) is 0 Å². The number of alkyl halides is 6. The van der Waals surface area contributed by atoms with Gasteiger partial charge in [0.2, 0.25) is 0 Å². The molecule has 0 fully saturated rings. The number of aliphatic hydroxyl groups is 1. The first kappa shape index (κ1) is 18.5. The van der Waals surface area contributed by atoms with E-state index in [9.17, 15) is 44.3 Å². The number of hydrogen-bond donors (Lipinski definition) is 1. The second-order valence-electron chi connectivity index (χ2n) is 4.20. The molecule has 12 heteroatoms. The zero-order valence-electron chi connectivity index (χ0n) is 10.5. The van der Waals surface area contributed by atoms with Crippen LogP contribution >= 0.6 is 0 Å². The highest BCUT2D eigenvalue weighted by molar-refractivity contribution is 7.88. The van der Waals surface area contributed by atoms with E-state index in [0.29, 0.717) is 6.07 Å². The van der Waals surface area contributed by atoms with Crippen LogP contribution < -0.4 is 4.18 Å². The summed E-state index contributed by atoms with van der Waals surface area (Å²) in [7, 11) is -6.17. The second kappa shape index (κ2) is 5.26. The van der Waals surface area contributed by atoms with Gasteiger partial charge in [-0.15, -0.1) is 0 Å². The Morgan fingerprint density at radius 3 is 1.95 bits per heavy atom. The van der Waals surface area contributed by atoms with Crippen molar-refractivity contribution in [2.75, 3.05) is 0 Å². The molecule has 0 spiro atoms. The first-order chi connectivity index (χ1) is 9.59. The molecule has 0 amide bonds. The molecule has 1 aromatic carbocycles. The zero-order valence-corrected chi connectivity index (χ0v) is 11.3. The molecule has 0 bridgehead atoms. The third-order valence-corrected chi connectivity index (χ3v) is 3.49. The maximum absolute atomic E-state index is 13.5. The Morgan fingerprint density at radius 1 is 1.09 bits per heavy atom. The van der Waals surface area contributed by atoms with Gasteiger partial charge < -0.3 is 9.29 Å². The normalized spacial score (nSPS) is 16.2. The zero-order chi connectivity index (χ0) is 17.6. The highest BCUT2D eigenvalue weighted by atomic mass is 32.2. The fourth-order valence-corrected chi connectivity index (χ4v) is 1.67. The quantitative estimate of drug-likeness (QED) is 0.514. The molecule has 0 aliphatic carbocycles. The van der Waals surface area contributed by atoms with Crippen molar-refractivity contribution < 1.29 is 48.4 Å². The molecule has 0 radical (unpaired) electrons. The third kappa shape index (κ3) is 3.43. The summed E-state index contributed by atoms with van der Waals surface area (Å²) in [6.45, 7) is 0.286. The molecule has 1 rings (SSSR count). The van der Waals surface area contributed by atoms with Gasteiger partial charge in [0.1, 0.15) is 0 Å². The summed E-state index contributed by atoms with van der Waals surface area (Å²) in [6, 6.07) is 0.640. The molecule has 0 aliphatic heterocycles. The standard InChI is InChI=1S/C10H7F7O4S/c1-8(18,9(12,13)14)5-2-3-7(6(11)4-5)21-22(19,20)10(15,16)17/h2-4,18H,1H3. The van der Waals surface area contributed by atoms with Gasteiger partial charge in [-0.1, -0.05) is 6.07 Å². The van der Waals surface area contributed by atoms with Crippen molar-refractivity contribution in [1.82, 2.24) is 0 Å². The summed E-state index contributed by atoms with van der Waals surface area (Å²) >= 11 is 0. The summed E-state index contributed by atoms with van der Waals surface area (Å²) in [5.74, 6) is -3.28. The van der Waals surface area contributed by atoms with Gasteiger partial charge in [-0.2, -0.15) is 34.8 Å². The highest BCUT2D eigenvalue weighted by Gasteiger charge is 2.52. The fourth-order valence-electron chi connectivity index (χ4n) is 1.20. The Hall–Kier alpha value is -1.56. The Bertz CT molecular complexity index is 661. The summed E-state index contributed by atoms with van der Waals surface area (Å²) in [5, 5.41) is 9.27. The summed E-state index contributed by atoms with van der Waals surface area (Å²) < 4.78 is 112. The molecule has 0 aromatic heterocycles. The lowest BCUT2D eigenvalue weighted by Crippen LogP contribution is -2.39. The van der Waals surface area contributed by atoms with Crippen molar-refractivity contribution in [3.8, 4) is 5.75 Å². The van der Waals surface area contributed by atoms with E-state index in [1.54, 1.807) is 0 Å². The van der Waals surface area contributed by atoms with Gasteiger partial charge in [-0.3, -0.25) is 0 Å². The molecule has 4 nitrogen and oxygen atoms in total. The van der Waals surface area contributed by atoms with Gasteiger partial charge in [0, 0.05) is 0 Å². The van der Waals surface area contributed by atoms with Crippen LogP contribution in [0.2, 0.25) is 0 Å². The minimum absolute atomic E-state index is 0.0225. The maximum atomic E-state index is 13.5. The SMILES string of the molecule is CC(O)(c1ccc(OS(=O)(=O)C(F)(F)F)c(F)c1)C(F)(F)F. The summed E-state index contributed by atoms with van der Waals surface area (Å²) in [5.41, 5.74) is -10.4. The Kier molecular flexibility index (Phi) is 4.42. The van der Waals surface area contributed by atoms with Crippen molar-refractivity contribution in [2.45, 2.75) is 24.2 Å². The molecule has 1 aromatic rings. The van der Waals surface area contributed by atoms with Gasteiger partial charge >= 0.3 is 21.8 Å². The first-order valence-corrected chi connectivity index (χ1v) is 6.60. The van der Waals surface area contributed by atoms with E-state index in [2.05, 4.69) is 4.18 Å². The van der Waals surface area contributed by atoms with Gasteiger partial charge in [-0.05, 0) is 24.6 Å². The molecule has 126 valence electrons. The van der Waals surface area contributed by atoms with Crippen molar-refractivity contribution in [3.05, 3.63) is 29.6 Å². The van der Waals surface area contributed by atoms with Gasteiger partial charge in [-0.25, -0.2) is 4.39 Å². The molecule has 0 saturated carbocycles. The molecule has 1 N–H and O–H groups in total. The van der Waals surface area contributed by atoms with Crippen molar-refractivity contribution in [1.29, 1.82) is 0 Å². The van der Waals surface area contributed by atoms with E-state index in [1.165, 1.54) is 0 Å². The lowest BCUT2D eigenvalue weighted by molar-refractivity contribution is -0.258. The fraction of sp³-hybridized carbons (Fsp3) is 0.400.